The van der Waals surface area contributed by atoms with E-state index in [1.54, 1.807) is 16.7 Å². The van der Waals surface area contributed by atoms with Crippen LogP contribution in [0, 0.1) is 20.8 Å². The van der Waals surface area contributed by atoms with Gasteiger partial charge >= 0.3 is 0 Å². The molecule has 0 radical (unpaired) electrons. The van der Waals surface area contributed by atoms with Gasteiger partial charge in [0.1, 0.15) is 11.4 Å². The molecule has 3 atom stereocenters. The molecule has 2 aliphatic rings. The molecule has 1 N–H and O–H groups in total. The number of hydrogen-bond donors (Lipinski definition) is 1. The maximum Gasteiger partial charge on any atom is 0.262 e. The fourth-order valence-corrected chi connectivity index (χ4v) is 6.59. The second-order valence-corrected chi connectivity index (χ2v) is 10.3. The molecule has 0 unspecified atom stereocenters. The monoisotopic (exact) mass is 486 g/mol. The lowest BCUT2D eigenvalue weighted by Crippen LogP contribution is -2.49. The Labute approximate surface area is 214 Å². The van der Waals surface area contributed by atoms with Crippen LogP contribution in [0.4, 0.5) is 0 Å². The highest BCUT2D eigenvalue weighted by molar-refractivity contribution is 5.67. The van der Waals surface area contributed by atoms with Crippen LogP contribution < -0.4 is 10.3 Å². The summed E-state index contributed by atoms with van der Waals surface area (Å²) in [4.78, 5) is 19.2. The van der Waals surface area contributed by atoms with Crippen LogP contribution in [-0.4, -0.2) is 14.5 Å². The Morgan fingerprint density at radius 1 is 0.892 bits per heavy atom. The van der Waals surface area contributed by atoms with Gasteiger partial charge in [0, 0.05) is 17.3 Å². The third-order valence-corrected chi connectivity index (χ3v) is 8.03. The summed E-state index contributed by atoms with van der Waals surface area (Å²) < 4.78 is 8.56. The lowest BCUT2D eigenvalue weighted by molar-refractivity contribution is -0.0905. The Morgan fingerprint density at radius 2 is 1.62 bits per heavy atom. The molecule has 1 aliphatic heterocycles. The summed E-state index contributed by atoms with van der Waals surface area (Å²) in [5.41, 5.74) is 3.52. The van der Waals surface area contributed by atoms with Crippen LogP contribution in [0.15, 0.2) is 95.9 Å². The molecule has 1 aliphatic carbocycles. The molecule has 5 nitrogen and oxygen atoms in total. The molecule has 2 aromatic heterocycles. The first-order valence-electron chi connectivity index (χ1n) is 12.5. The summed E-state index contributed by atoms with van der Waals surface area (Å²) in [6.45, 7) is 6.04. The highest BCUT2D eigenvalue weighted by Gasteiger charge is 2.73. The average Bonchev–Trinajstić information content (AvgIpc) is 3.27. The number of ether oxygens (including phenoxy) is 1. The number of nitrogens with zero attached hydrogens (tertiary/aromatic N) is 2. The van der Waals surface area contributed by atoms with Gasteiger partial charge in [0.05, 0.1) is 17.2 Å². The summed E-state index contributed by atoms with van der Waals surface area (Å²) >= 11 is 0. The first-order valence-corrected chi connectivity index (χ1v) is 12.5. The molecule has 0 amide bonds. The highest BCUT2D eigenvalue weighted by atomic mass is 16.5. The second kappa shape index (κ2) is 7.40. The lowest BCUT2D eigenvalue weighted by Gasteiger charge is -2.40. The van der Waals surface area contributed by atoms with Gasteiger partial charge in [-0.05, 0) is 55.7 Å². The van der Waals surface area contributed by atoms with Gasteiger partial charge in [-0.2, -0.15) is 0 Å². The lowest BCUT2D eigenvalue weighted by atomic mass is 9.69. The molecule has 0 spiro atoms. The topological polar surface area (TPSA) is 63.8 Å². The molecule has 5 heteroatoms. The van der Waals surface area contributed by atoms with Crippen LogP contribution in [0.3, 0.4) is 0 Å². The Hall–Kier alpha value is -4.22. The highest BCUT2D eigenvalue weighted by Crippen LogP contribution is 2.68. The van der Waals surface area contributed by atoms with Gasteiger partial charge in [-0.15, -0.1) is 0 Å². The maximum atomic E-state index is 14.2. The van der Waals surface area contributed by atoms with Gasteiger partial charge in [0.2, 0.25) is 0 Å². The molecule has 5 aromatic rings. The van der Waals surface area contributed by atoms with Gasteiger partial charge in [-0.1, -0.05) is 72.3 Å². The summed E-state index contributed by atoms with van der Waals surface area (Å²) in [5, 5.41) is 13.2. The van der Waals surface area contributed by atoms with Gasteiger partial charge in [-0.25, -0.2) is 4.98 Å². The minimum absolute atomic E-state index is 0.196. The van der Waals surface area contributed by atoms with E-state index in [0.717, 1.165) is 27.8 Å². The number of benzene rings is 3. The predicted molar refractivity (Wildman–Crippen MR) is 142 cm³/mol. The van der Waals surface area contributed by atoms with Crippen molar-refractivity contribution in [2.24, 2.45) is 0 Å². The van der Waals surface area contributed by atoms with E-state index in [0.29, 0.717) is 28.2 Å². The molecule has 0 saturated carbocycles. The van der Waals surface area contributed by atoms with Crippen LogP contribution >= 0.6 is 0 Å². The Kier molecular flexibility index (Phi) is 4.40. The molecule has 0 fully saturated rings. The van der Waals surface area contributed by atoms with E-state index in [1.807, 2.05) is 93.6 Å². The molecule has 3 heterocycles. The van der Waals surface area contributed by atoms with Crippen molar-refractivity contribution < 1.29 is 9.84 Å². The zero-order valence-electron chi connectivity index (χ0n) is 20.9. The number of aryl methyl sites for hydroxylation is 3. The third kappa shape index (κ3) is 2.67. The number of aromatic nitrogens is 2. The molecular weight excluding hydrogens is 460 g/mol. The number of fused-ring (bicyclic) bond motifs is 6. The van der Waals surface area contributed by atoms with Crippen molar-refractivity contribution in [3.63, 3.8) is 0 Å². The fraction of sp³-hybridized carbons (Fsp3) is 0.188. The molecule has 7 rings (SSSR count). The normalized spacial score (nSPS) is 23.4. The summed E-state index contributed by atoms with van der Waals surface area (Å²) in [7, 11) is 0. The largest absolute Gasteiger partial charge is 0.477 e. The number of hydrogen-bond acceptors (Lipinski definition) is 4. The third-order valence-electron chi connectivity index (χ3n) is 8.03. The van der Waals surface area contributed by atoms with E-state index >= 15 is 0 Å². The minimum Gasteiger partial charge on any atom is -0.477 e. The summed E-state index contributed by atoms with van der Waals surface area (Å²) in [5.74, 6) is 0.0304. The van der Waals surface area contributed by atoms with E-state index in [1.165, 1.54) is 0 Å². The Morgan fingerprint density at radius 3 is 2.38 bits per heavy atom. The van der Waals surface area contributed by atoms with Crippen LogP contribution in [0.25, 0.3) is 5.65 Å². The second-order valence-electron chi connectivity index (χ2n) is 10.3. The molecular formula is C32H26N2O3. The van der Waals surface area contributed by atoms with Crippen molar-refractivity contribution in [2.75, 3.05) is 0 Å². The van der Waals surface area contributed by atoms with Crippen LogP contribution in [0.1, 0.15) is 50.6 Å². The first kappa shape index (κ1) is 22.0. The van der Waals surface area contributed by atoms with E-state index in [-0.39, 0.29) is 5.56 Å². The van der Waals surface area contributed by atoms with E-state index < -0.39 is 17.1 Å². The number of aliphatic hydroxyl groups is 1. The van der Waals surface area contributed by atoms with E-state index in [4.69, 9.17) is 9.72 Å². The van der Waals surface area contributed by atoms with Crippen molar-refractivity contribution >= 4 is 5.65 Å². The SMILES string of the molecule is Cc1ccc([C@@]23Oc4cc(C)cc(C)c4[C@]2(O)c2nc4ccccn4c(=O)c2[C@H]3c2ccccc2)cc1. The minimum atomic E-state index is -1.69. The fourth-order valence-electron chi connectivity index (χ4n) is 6.59. The molecule has 182 valence electrons. The molecule has 3 aromatic carbocycles. The van der Waals surface area contributed by atoms with Gasteiger partial charge in [0.15, 0.2) is 11.2 Å². The van der Waals surface area contributed by atoms with E-state index in [9.17, 15) is 9.90 Å². The van der Waals surface area contributed by atoms with Crippen molar-refractivity contribution in [1.82, 2.24) is 9.38 Å². The molecule has 0 bridgehead atoms. The van der Waals surface area contributed by atoms with Crippen LogP contribution in [0.2, 0.25) is 0 Å². The average molecular weight is 487 g/mol. The molecule has 0 saturated heterocycles. The van der Waals surface area contributed by atoms with Gasteiger partial charge in [0.25, 0.3) is 5.56 Å². The Bertz CT molecular complexity index is 1770. The van der Waals surface area contributed by atoms with Crippen molar-refractivity contribution in [1.29, 1.82) is 0 Å². The van der Waals surface area contributed by atoms with E-state index in [2.05, 4.69) is 6.07 Å². The zero-order valence-corrected chi connectivity index (χ0v) is 20.9. The summed E-state index contributed by atoms with van der Waals surface area (Å²) in [6.07, 6.45) is 1.73. The van der Waals surface area contributed by atoms with Crippen molar-refractivity contribution in [2.45, 2.75) is 37.9 Å². The van der Waals surface area contributed by atoms with Gasteiger partial charge in [-0.3, -0.25) is 9.20 Å². The molecule has 37 heavy (non-hydrogen) atoms. The predicted octanol–water partition coefficient (Wildman–Crippen LogP) is 5.29. The van der Waals surface area contributed by atoms with Gasteiger partial charge < -0.3 is 9.84 Å². The standard InChI is InChI=1S/C32H26N2O3/c1-19-12-14-23(15-13-19)32-28(22-9-5-4-6-10-22)26-29(33-25-11-7-8-16-34(25)30(26)35)31(32,36)27-21(3)17-20(2)18-24(27)37-32/h4-18,28,36H,1-3H3/t28-,31+,32+/m1/s1. The number of pyridine rings is 1. The first-order chi connectivity index (χ1) is 17.9. The number of rotatable bonds is 2. The smallest absolute Gasteiger partial charge is 0.262 e. The zero-order chi connectivity index (χ0) is 25.5. The van der Waals surface area contributed by atoms with Crippen LogP contribution in [-0.2, 0) is 11.2 Å². The Balaban J connectivity index is 1.70. The maximum absolute atomic E-state index is 14.2. The van der Waals surface area contributed by atoms with Crippen molar-refractivity contribution in [3.05, 3.63) is 146 Å². The quantitative estimate of drug-likeness (QED) is 0.368. The summed E-state index contributed by atoms with van der Waals surface area (Å²) in [6, 6.07) is 27.4. The van der Waals surface area contributed by atoms with Crippen LogP contribution in [0.5, 0.6) is 5.75 Å². The van der Waals surface area contributed by atoms with Crippen molar-refractivity contribution in [3.8, 4) is 5.75 Å².